The highest BCUT2D eigenvalue weighted by atomic mass is 79.9. The molecule has 212 valence electrons. The number of nitro benzene ring substituents is 1. The minimum absolute atomic E-state index is 0.00560. The number of benzene rings is 3. The van der Waals surface area contributed by atoms with Gasteiger partial charge in [-0.1, -0.05) is 43.5 Å². The van der Waals surface area contributed by atoms with Crippen LogP contribution in [0.1, 0.15) is 61.9 Å². The number of non-ortho nitro benzene ring substituents is 1. The number of nitro groups is 1. The van der Waals surface area contributed by atoms with Crippen molar-refractivity contribution in [3.63, 3.8) is 0 Å². The van der Waals surface area contributed by atoms with Gasteiger partial charge in [-0.2, -0.15) is 9.78 Å². The third-order valence-electron chi connectivity index (χ3n) is 7.02. The maximum atomic E-state index is 13.6. The highest BCUT2D eigenvalue weighted by Crippen LogP contribution is 2.43. The Labute approximate surface area is 253 Å². The molecule has 1 aliphatic rings. The Hall–Kier alpha value is -3.57. The zero-order valence-corrected chi connectivity index (χ0v) is 25.6. The Kier molecular flexibility index (Phi) is 9.14. The van der Waals surface area contributed by atoms with Crippen molar-refractivity contribution in [3.8, 4) is 11.5 Å². The van der Waals surface area contributed by atoms with E-state index in [-0.39, 0.29) is 23.8 Å². The van der Waals surface area contributed by atoms with E-state index < -0.39 is 4.92 Å². The molecule has 0 N–H and O–H groups in total. The van der Waals surface area contributed by atoms with Crippen molar-refractivity contribution in [3.05, 3.63) is 101 Å². The van der Waals surface area contributed by atoms with Crippen molar-refractivity contribution in [2.24, 2.45) is 5.10 Å². The zero-order chi connectivity index (χ0) is 28.9. The maximum Gasteiger partial charge on any atom is 0.282 e. The summed E-state index contributed by atoms with van der Waals surface area (Å²) in [6.45, 7) is 2.35. The summed E-state index contributed by atoms with van der Waals surface area (Å²) in [5.41, 5.74) is 1.78. The molecule has 4 aromatic rings. The molecule has 0 aliphatic heterocycles. The molecule has 0 atom stereocenters. The van der Waals surface area contributed by atoms with E-state index in [1.807, 2.05) is 25.1 Å². The fourth-order valence-corrected chi connectivity index (χ4v) is 5.94. The average Bonchev–Trinajstić information content (AvgIpc) is 2.99. The van der Waals surface area contributed by atoms with Gasteiger partial charge in [-0.05, 0) is 75.4 Å². The van der Waals surface area contributed by atoms with Gasteiger partial charge in [0.25, 0.3) is 11.2 Å². The molecule has 0 amide bonds. The van der Waals surface area contributed by atoms with Crippen molar-refractivity contribution in [1.82, 2.24) is 9.66 Å². The molecule has 0 saturated heterocycles. The number of hydrogen-bond acceptors (Lipinski definition) is 7. The van der Waals surface area contributed by atoms with Crippen LogP contribution in [0, 0.1) is 10.1 Å². The molecule has 1 aliphatic carbocycles. The molecule has 0 unspecified atom stereocenters. The van der Waals surface area contributed by atoms with Crippen molar-refractivity contribution in [2.75, 3.05) is 6.61 Å². The molecule has 0 bridgehead atoms. The van der Waals surface area contributed by atoms with Crippen LogP contribution in [0.25, 0.3) is 10.9 Å². The molecule has 3 aromatic carbocycles. The summed E-state index contributed by atoms with van der Waals surface area (Å²) in [4.78, 5) is 29.2. The summed E-state index contributed by atoms with van der Waals surface area (Å²) in [6, 6.07) is 15.4. The topological polar surface area (TPSA) is 109 Å². The number of rotatable bonds is 9. The Morgan fingerprint density at radius 1 is 1.07 bits per heavy atom. The second-order valence-corrected chi connectivity index (χ2v) is 11.3. The van der Waals surface area contributed by atoms with E-state index >= 15 is 0 Å². The summed E-state index contributed by atoms with van der Waals surface area (Å²) in [5.74, 6) is 1.75. The maximum absolute atomic E-state index is 13.6. The number of para-hydroxylation sites is 1. The van der Waals surface area contributed by atoms with Gasteiger partial charge in [0.1, 0.15) is 12.4 Å². The number of hydrogen-bond donors (Lipinski definition) is 0. The largest absolute Gasteiger partial charge is 0.490 e. The predicted molar refractivity (Wildman–Crippen MR) is 165 cm³/mol. The third-order valence-corrected chi connectivity index (χ3v) is 9.16. The molecule has 1 heterocycles. The van der Waals surface area contributed by atoms with Crippen LogP contribution in [0.3, 0.4) is 0 Å². The molecule has 0 radical (unpaired) electrons. The van der Waals surface area contributed by atoms with E-state index in [4.69, 9.17) is 14.5 Å². The molecule has 1 fully saturated rings. The number of aromatic nitrogens is 2. The van der Waals surface area contributed by atoms with Gasteiger partial charge in [-0.25, -0.2) is 4.98 Å². The predicted octanol–water partition coefficient (Wildman–Crippen LogP) is 7.74. The summed E-state index contributed by atoms with van der Waals surface area (Å²) in [6.07, 6.45) is 6.96. The Morgan fingerprint density at radius 3 is 2.61 bits per heavy atom. The van der Waals surface area contributed by atoms with Crippen molar-refractivity contribution < 1.29 is 14.4 Å². The molecule has 11 heteroatoms. The van der Waals surface area contributed by atoms with Crippen LogP contribution in [0.15, 0.2) is 73.4 Å². The van der Waals surface area contributed by atoms with Gasteiger partial charge in [-0.15, -0.1) is 0 Å². The van der Waals surface area contributed by atoms with E-state index in [9.17, 15) is 14.9 Å². The smallest absolute Gasteiger partial charge is 0.282 e. The lowest BCUT2D eigenvalue weighted by Crippen LogP contribution is -2.25. The van der Waals surface area contributed by atoms with Crippen molar-refractivity contribution in [2.45, 2.75) is 51.6 Å². The number of ether oxygens (including phenoxy) is 2. The molecule has 0 spiro atoms. The van der Waals surface area contributed by atoms with Gasteiger partial charge in [-0.3, -0.25) is 14.9 Å². The van der Waals surface area contributed by atoms with Gasteiger partial charge < -0.3 is 9.47 Å². The first kappa shape index (κ1) is 28.9. The van der Waals surface area contributed by atoms with Crippen LogP contribution in [-0.2, 0) is 6.61 Å². The first-order valence-corrected chi connectivity index (χ1v) is 15.0. The van der Waals surface area contributed by atoms with Crippen LogP contribution in [-0.4, -0.2) is 27.4 Å². The summed E-state index contributed by atoms with van der Waals surface area (Å²) in [5, 5.41) is 16.3. The lowest BCUT2D eigenvalue weighted by atomic mass is 9.88. The van der Waals surface area contributed by atoms with E-state index in [0.717, 1.165) is 25.7 Å². The molecule has 9 nitrogen and oxygen atoms in total. The minimum atomic E-state index is -0.439. The summed E-state index contributed by atoms with van der Waals surface area (Å²) >= 11 is 7.25. The molecular weight excluding hydrogens is 656 g/mol. The van der Waals surface area contributed by atoms with Crippen molar-refractivity contribution >= 4 is 54.7 Å². The monoisotopic (exact) mass is 682 g/mol. The summed E-state index contributed by atoms with van der Waals surface area (Å²) < 4.78 is 14.6. The SMILES string of the molecule is CCOc1cc(C=Nn2c(C3CCCCC3)nc3ccccc3c2=O)c(Br)c(Br)c1OCc1cccc([N+](=O)[O-])c1. The van der Waals surface area contributed by atoms with Gasteiger partial charge in [0, 0.05) is 28.1 Å². The first-order valence-electron chi connectivity index (χ1n) is 13.4. The Balaban J connectivity index is 1.51. The fourth-order valence-electron chi connectivity index (χ4n) is 5.01. The van der Waals surface area contributed by atoms with Crippen LogP contribution in [0.4, 0.5) is 5.69 Å². The Bertz CT molecular complexity index is 1680. The zero-order valence-electron chi connectivity index (χ0n) is 22.4. The number of nitrogens with zero attached hydrogens (tertiary/aromatic N) is 4. The van der Waals surface area contributed by atoms with Crippen molar-refractivity contribution in [1.29, 1.82) is 0 Å². The van der Waals surface area contributed by atoms with Gasteiger partial charge in [0.05, 0.1) is 33.1 Å². The highest BCUT2D eigenvalue weighted by Gasteiger charge is 2.23. The molecule has 5 rings (SSSR count). The van der Waals surface area contributed by atoms with Crippen LogP contribution in [0.2, 0.25) is 0 Å². The third kappa shape index (κ3) is 6.36. The average molecular weight is 684 g/mol. The molecular formula is C30H28Br2N4O5. The minimum Gasteiger partial charge on any atom is -0.490 e. The highest BCUT2D eigenvalue weighted by molar-refractivity contribution is 9.13. The lowest BCUT2D eigenvalue weighted by molar-refractivity contribution is -0.384. The molecule has 41 heavy (non-hydrogen) atoms. The van der Waals surface area contributed by atoms with Gasteiger partial charge >= 0.3 is 0 Å². The first-order chi connectivity index (χ1) is 19.9. The standard InChI is InChI=1S/C30H28Br2N4O5/c1-2-40-25-16-21(26(31)27(32)28(25)41-18-19-9-8-12-22(15-19)36(38)39)17-33-35-29(20-10-4-3-5-11-20)34-24-14-7-6-13-23(24)30(35)37/h6-9,12-17,20H,2-5,10-11,18H2,1H3. The van der Waals surface area contributed by atoms with Crippen LogP contribution in [0.5, 0.6) is 11.5 Å². The number of fused-ring (bicyclic) bond motifs is 1. The van der Waals surface area contributed by atoms with Crippen LogP contribution >= 0.6 is 31.9 Å². The van der Waals surface area contributed by atoms with E-state index in [0.29, 0.717) is 54.9 Å². The van der Waals surface area contributed by atoms with E-state index in [1.54, 1.807) is 30.5 Å². The van der Waals surface area contributed by atoms with E-state index in [1.165, 1.54) is 23.2 Å². The molecule has 1 aromatic heterocycles. The quantitative estimate of drug-likeness (QED) is 0.101. The van der Waals surface area contributed by atoms with Gasteiger partial charge in [0.2, 0.25) is 0 Å². The Morgan fingerprint density at radius 2 is 1.85 bits per heavy atom. The second-order valence-electron chi connectivity index (χ2n) is 9.75. The second kappa shape index (κ2) is 12.9. The fraction of sp³-hybridized carbons (Fsp3) is 0.300. The number of halogens is 2. The normalized spacial score (nSPS) is 14.0. The van der Waals surface area contributed by atoms with E-state index in [2.05, 4.69) is 37.0 Å². The van der Waals surface area contributed by atoms with Gasteiger partial charge in [0.15, 0.2) is 11.5 Å². The van der Waals surface area contributed by atoms with Crippen LogP contribution < -0.4 is 15.0 Å². The summed E-state index contributed by atoms with van der Waals surface area (Å²) in [7, 11) is 0. The lowest BCUT2D eigenvalue weighted by Gasteiger charge is -2.22. The molecule has 1 saturated carbocycles.